The molecule has 84 valence electrons. The van der Waals surface area contributed by atoms with Crippen molar-refractivity contribution in [1.29, 1.82) is 5.26 Å². The summed E-state index contributed by atoms with van der Waals surface area (Å²) in [6, 6.07) is 9.39. The van der Waals surface area contributed by atoms with Gasteiger partial charge in [0.2, 0.25) is 0 Å². The second-order valence-electron chi connectivity index (χ2n) is 3.47. The molecule has 2 N–H and O–H groups in total. The molecule has 0 aliphatic rings. The van der Waals surface area contributed by atoms with Crippen LogP contribution < -0.4 is 5.73 Å². The molecule has 1 heterocycles. The molecule has 0 aliphatic carbocycles. The first-order valence-corrected chi connectivity index (χ1v) is 5.33. The lowest BCUT2D eigenvalue weighted by Crippen LogP contribution is -2.03. The first-order valence-electron chi connectivity index (χ1n) is 4.95. The summed E-state index contributed by atoms with van der Waals surface area (Å²) in [6.45, 7) is 0. The predicted molar refractivity (Wildman–Crippen MR) is 65.4 cm³/mol. The fourth-order valence-corrected chi connectivity index (χ4v) is 1.62. The van der Waals surface area contributed by atoms with Crippen LogP contribution in [0.5, 0.6) is 0 Å². The molecule has 0 bridgehead atoms. The Kier molecular flexibility index (Phi) is 3.22. The Morgan fingerprint density at radius 3 is 2.76 bits per heavy atom. The standard InChI is InChI=1S/C12H9ClN4/c13-10-4-2-1-3-8(10)5-11-16-7-9(6-14)12(15)17-11/h1-4,7H,5H2,(H2,15,16,17). The Balaban J connectivity index is 2.29. The van der Waals surface area contributed by atoms with Crippen LogP contribution in [0.2, 0.25) is 5.02 Å². The summed E-state index contributed by atoms with van der Waals surface area (Å²) >= 11 is 6.03. The first-order chi connectivity index (χ1) is 8.20. The van der Waals surface area contributed by atoms with Gasteiger partial charge in [-0.15, -0.1) is 0 Å². The van der Waals surface area contributed by atoms with Gasteiger partial charge in [0.05, 0.1) is 6.20 Å². The minimum Gasteiger partial charge on any atom is -0.382 e. The van der Waals surface area contributed by atoms with Crippen molar-refractivity contribution in [3.05, 3.63) is 52.4 Å². The molecule has 0 spiro atoms. The number of aromatic nitrogens is 2. The Bertz CT molecular complexity index is 589. The molecule has 0 amide bonds. The average molecular weight is 245 g/mol. The number of halogens is 1. The van der Waals surface area contributed by atoms with E-state index in [0.717, 1.165) is 5.56 Å². The lowest BCUT2D eigenvalue weighted by molar-refractivity contribution is 0.970. The van der Waals surface area contributed by atoms with Gasteiger partial charge in [0.15, 0.2) is 0 Å². The third-order valence-electron chi connectivity index (χ3n) is 2.29. The molecule has 1 aromatic heterocycles. The van der Waals surface area contributed by atoms with E-state index in [1.54, 1.807) is 0 Å². The highest BCUT2D eigenvalue weighted by Crippen LogP contribution is 2.18. The third-order valence-corrected chi connectivity index (χ3v) is 2.66. The van der Waals surface area contributed by atoms with Crippen LogP contribution in [0.1, 0.15) is 17.0 Å². The Morgan fingerprint density at radius 2 is 2.12 bits per heavy atom. The van der Waals surface area contributed by atoms with Crippen LogP contribution in [0.3, 0.4) is 0 Å². The normalized spacial score (nSPS) is 9.88. The van der Waals surface area contributed by atoms with Gasteiger partial charge in [-0.25, -0.2) is 9.97 Å². The van der Waals surface area contributed by atoms with Crippen LogP contribution >= 0.6 is 11.6 Å². The number of nitrogens with zero attached hydrogens (tertiary/aromatic N) is 3. The molecule has 17 heavy (non-hydrogen) atoms. The van der Waals surface area contributed by atoms with Crippen LogP contribution in [0.15, 0.2) is 30.5 Å². The molecule has 0 atom stereocenters. The number of benzene rings is 1. The number of anilines is 1. The maximum Gasteiger partial charge on any atom is 0.145 e. The van der Waals surface area contributed by atoms with Gasteiger partial charge >= 0.3 is 0 Å². The molecule has 0 saturated heterocycles. The molecule has 2 aromatic rings. The van der Waals surface area contributed by atoms with E-state index in [-0.39, 0.29) is 11.4 Å². The quantitative estimate of drug-likeness (QED) is 0.879. The number of hydrogen-bond donors (Lipinski definition) is 1. The van der Waals surface area contributed by atoms with E-state index in [2.05, 4.69) is 9.97 Å². The molecular weight excluding hydrogens is 236 g/mol. The zero-order valence-corrected chi connectivity index (χ0v) is 9.65. The van der Waals surface area contributed by atoms with Gasteiger partial charge < -0.3 is 5.73 Å². The monoisotopic (exact) mass is 244 g/mol. The SMILES string of the molecule is N#Cc1cnc(Cc2ccccc2Cl)nc1N. The predicted octanol–water partition coefficient (Wildman–Crippen LogP) is 2.17. The van der Waals surface area contributed by atoms with E-state index < -0.39 is 0 Å². The number of hydrogen-bond acceptors (Lipinski definition) is 4. The number of nitriles is 1. The highest BCUT2D eigenvalue weighted by molar-refractivity contribution is 6.31. The molecule has 4 nitrogen and oxygen atoms in total. The van der Waals surface area contributed by atoms with Gasteiger partial charge in [-0.3, -0.25) is 0 Å². The van der Waals surface area contributed by atoms with Crippen LogP contribution in [-0.4, -0.2) is 9.97 Å². The third kappa shape index (κ3) is 2.52. The smallest absolute Gasteiger partial charge is 0.145 e. The summed E-state index contributed by atoms with van der Waals surface area (Å²) in [7, 11) is 0. The summed E-state index contributed by atoms with van der Waals surface area (Å²) in [6.07, 6.45) is 1.92. The van der Waals surface area contributed by atoms with E-state index in [4.69, 9.17) is 22.6 Å². The highest BCUT2D eigenvalue weighted by atomic mass is 35.5. The number of rotatable bonds is 2. The molecule has 0 aliphatic heterocycles. The van der Waals surface area contributed by atoms with Gasteiger partial charge in [0.1, 0.15) is 23.3 Å². The molecule has 2 rings (SSSR count). The van der Waals surface area contributed by atoms with Crippen molar-refractivity contribution >= 4 is 17.4 Å². The van der Waals surface area contributed by atoms with E-state index in [9.17, 15) is 0 Å². The summed E-state index contributed by atoms with van der Waals surface area (Å²) < 4.78 is 0. The maximum atomic E-state index is 8.71. The second-order valence-corrected chi connectivity index (χ2v) is 3.87. The van der Waals surface area contributed by atoms with Crippen molar-refractivity contribution in [3.8, 4) is 6.07 Å². The topological polar surface area (TPSA) is 75.6 Å². The van der Waals surface area contributed by atoms with Crippen molar-refractivity contribution in [3.63, 3.8) is 0 Å². The molecular formula is C12H9ClN4. The van der Waals surface area contributed by atoms with Gasteiger partial charge in [-0.1, -0.05) is 29.8 Å². The molecule has 0 unspecified atom stereocenters. The largest absolute Gasteiger partial charge is 0.382 e. The Hall–Kier alpha value is -2.12. The van der Waals surface area contributed by atoms with Crippen molar-refractivity contribution in [2.24, 2.45) is 0 Å². The summed E-state index contributed by atoms with van der Waals surface area (Å²) in [5, 5.41) is 9.38. The molecule has 5 heteroatoms. The first kappa shape index (κ1) is 11.4. The van der Waals surface area contributed by atoms with Crippen molar-refractivity contribution < 1.29 is 0 Å². The molecule has 1 aromatic carbocycles. The summed E-state index contributed by atoms with van der Waals surface area (Å²) in [5.74, 6) is 0.749. The minimum absolute atomic E-state index is 0.199. The fraction of sp³-hybridized carbons (Fsp3) is 0.0833. The molecule has 0 fully saturated rings. The van der Waals surface area contributed by atoms with Crippen molar-refractivity contribution in [2.75, 3.05) is 5.73 Å². The average Bonchev–Trinajstić information content (AvgIpc) is 2.32. The maximum absolute atomic E-state index is 8.71. The lowest BCUT2D eigenvalue weighted by atomic mass is 10.1. The van der Waals surface area contributed by atoms with E-state index in [0.29, 0.717) is 17.3 Å². The lowest BCUT2D eigenvalue weighted by Gasteiger charge is -2.04. The minimum atomic E-state index is 0.199. The van der Waals surface area contributed by atoms with E-state index >= 15 is 0 Å². The van der Waals surface area contributed by atoms with Gasteiger partial charge in [0, 0.05) is 11.4 Å². The second kappa shape index (κ2) is 4.81. The zero-order valence-electron chi connectivity index (χ0n) is 8.89. The van der Waals surface area contributed by atoms with Gasteiger partial charge in [0.25, 0.3) is 0 Å². The zero-order chi connectivity index (χ0) is 12.3. The number of nitrogens with two attached hydrogens (primary N) is 1. The van der Waals surface area contributed by atoms with Crippen LogP contribution in [0.4, 0.5) is 5.82 Å². The summed E-state index contributed by atoms with van der Waals surface area (Å²) in [5.41, 5.74) is 6.83. The molecule has 0 radical (unpaired) electrons. The van der Waals surface area contributed by atoms with E-state index in [1.807, 2.05) is 30.3 Å². The van der Waals surface area contributed by atoms with Gasteiger partial charge in [-0.05, 0) is 11.6 Å². The van der Waals surface area contributed by atoms with Crippen LogP contribution in [0, 0.1) is 11.3 Å². The Morgan fingerprint density at radius 1 is 1.35 bits per heavy atom. The van der Waals surface area contributed by atoms with E-state index in [1.165, 1.54) is 6.20 Å². The number of nitrogen functional groups attached to an aromatic ring is 1. The molecule has 0 saturated carbocycles. The van der Waals surface area contributed by atoms with Crippen molar-refractivity contribution in [1.82, 2.24) is 9.97 Å². The summed E-state index contributed by atoms with van der Waals surface area (Å²) in [4.78, 5) is 8.14. The fourth-order valence-electron chi connectivity index (χ4n) is 1.42. The van der Waals surface area contributed by atoms with Crippen molar-refractivity contribution in [2.45, 2.75) is 6.42 Å². The Labute approximate surface area is 104 Å². The van der Waals surface area contributed by atoms with Gasteiger partial charge in [-0.2, -0.15) is 5.26 Å². The van der Waals surface area contributed by atoms with Crippen LogP contribution in [-0.2, 0) is 6.42 Å². The highest BCUT2D eigenvalue weighted by Gasteiger charge is 2.06. The van der Waals surface area contributed by atoms with Crippen LogP contribution in [0.25, 0.3) is 0 Å².